The summed E-state index contributed by atoms with van der Waals surface area (Å²) in [5.74, 6) is 0.0140. The third kappa shape index (κ3) is 3.82. The minimum atomic E-state index is -0.298. The van der Waals surface area contributed by atoms with E-state index in [0.29, 0.717) is 24.1 Å². The fourth-order valence-corrected chi connectivity index (χ4v) is 3.46. The monoisotopic (exact) mass is 358 g/mol. The lowest BCUT2D eigenvalue weighted by atomic mass is 10.00. The van der Waals surface area contributed by atoms with E-state index in [4.69, 9.17) is 0 Å². The van der Waals surface area contributed by atoms with Crippen molar-refractivity contribution in [1.82, 2.24) is 10.3 Å². The van der Waals surface area contributed by atoms with Gasteiger partial charge in [-0.05, 0) is 30.5 Å². The summed E-state index contributed by atoms with van der Waals surface area (Å²) < 4.78 is 0. The highest BCUT2D eigenvalue weighted by Crippen LogP contribution is 2.27. The fourth-order valence-electron chi connectivity index (χ4n) is 2.64. The molecule has 6 nitrogen and oxygen atoms in total. The molecule has 0 spiro atoms. The van der Waals surface area contributed by atoms with Gasteiger partial charge in [-0.3, -0.25) is 9.69 Å². The number of thiazole rings is 1. The summed E-state index contributed by atoms with van der Waals surface area (Å²) in [6, 6.07) is 7.47. The molecule has 1 aromatic carbocycles. The molecule has 0 aliphatic carbocycles. The molecule has 1 fully saturated rings. The molecular weight excluding hydrogens is 336 g/mol. The molecule has 1 aromatic heterocycles. The van der Waals surface area contributed by atoms with Gasteiger partial charge in [-0.15, -0.1) is 11.3 Å². The average molecular weight is 358 g/mol. The standard InChI is InChI=1S/C18H22N4O2S/c1-11(2)15-10-20-17(25-15)21-16(23)12(3)13-4-6-14(7-5-13)22-9-8-19-18(22)24/h4-7,10-12H,8-9H2,1-3H3,(H,19,24)(H,20,21,23)/t12-/m1/s1. The number of hydrogen-bond acceptors (Lipinski definition) is 4. The van der Waals surface area contributed by atoms with Crippen LogP contribution in [0.4, 0.5) is 15.6 Å². The second-order valence-electron chi connectivity index (χ2n) is 6.41. The summed E-state index contributed by atoms with van der Waals surface area (Å²) in [7, 11) is 0. The molecule has 0 saturated carbocycles. The lowest BCUT2D eigenvalue weighted by Crippen LogP contribution is -2.27. The Morgan fingerprint density at radius 2 is 2.00 bits per heavy atom. The second kappa shape index (κ2) is 7.23. The number of carbonyl (C=O) groups excluding carboxylic acids is 2. The molecule has 2 heterocycles. The van der Waals surface area contributed by atoms with Crippen LogP contribution in [0.2, 0.25) is 0 Å². The van der Waals surface area contributed by atoms with Crippen LogP contribution in [0, 0.1) is 0 Å². The maximum Gasteiger partial charge on any atom is 0.321 e. The van der Waals surface area contributed by atoms with Crippen molar-refractivity contribution < 1.29 is 9.59 Å². The van der Waals surface area contributed by atoms with E-state index in [1.165, 1.54) is 11.3 Å². The van der Waals surface area contributed by atoms with Gasteiger partial charge >= 0.3 is 6.03 Å². The molecule has 1 aliphatic heterocycles. The summed E-state index contributed by atoms with van der Waals surface area (Å²) in [5.41, 5.74) is 1.74. The van der Waals surface area contributed by atoms with Crippen molar-refractivity contribution in [1.29, 1.82) is 0 Å². The van der Waals surface area contributed by atoms with Gasteiger partial charge in [-0.1, -0.05) is 26.0 Å². The summed E-state index contributed by atoms with van der Waals surface area (Å²) in [6.07, 6.45) is 1.81. The highest BCUT2D eigenvalue weighted by atomic mass is 32.1. The Morgan fingerprint density at radius 3 is 2.56 bits per heavy atom. The highest BCUT2D eigenvalue weighted by molar-refractivity contribution is 7.15. The van der Waals surface area contributed by atoms with Gasteiger partial charge in [-0.2, -0.15) is 0 Å². The zero-order valence-electron chi connectivity index (χ0n) is 14.6. The van der Waals surface area contributed by atoms with Crippen molar-refractivity contribution in [2.24, 2.45) is 0 Å². The smallest absolute Gasteiger partial charge is 0.321 e. The number of urea groups is 1. The van der Waals surface area contributed by atoms with Crippen LogP contribution in [0.1, 0.15) is 43.0 Å². The molecule has 7 heteroatoms. The SMILES string of the molecule is CC(C)c1cnc(NC(=O)[C@H](C)c2ccc(N3CCNC3=O)cc2)s1. The van der Waals surface area contributed by atoms with Crippen LogP contribution in [0.3, 0.4) is 0 Å². The number of amides is 3. The molecule has 3 rings (SSSR count). The first-order valence-corrected chi connectivity index (χ1v) is 9.19. The summed E-state index contributed by atoms with van der Waals surface area (Å²) in [6.45, 7) is 7.39. The predicted molar refractivity (Wildman–Crippen MR) is 100 cm³/mol. The topological polar surface area (TPSA) is 74.3 Å². The van der Waals surface area contributed by atoms with Crippen molar-refractivity contribution in [3.05, 3.63) is 40.9 Å². The first-order chi connectivity index (χ1) is 12.0. The Kier molecular flexibility index (Phi) is 5.03. The minimum Gasteiger partial charge on any atom is -0.336 e. The quantitative estimate of drug-likeness (QED) is 0.858. The lowest BCUT2D eigenvalue weighted by molar-refractivity contribution is -0.117. The van der Waals surface area contributed by atoms with Crippen LogP contribution in [-0.4, -0.2) is 30.0 Å². The normalized spacial score (nSPS) is 15.4. The van der Waals surface area contributed by atoms with Gasteiger partial charge in [0.1, 0.15) is 0 Å². The molecule has 132 valence electrons. The number of benzene rings is 1. The van der Waals surface area contributed by atoms with Crippen LogP contribution in [0.5, 0.6) is 0 Å². The summed E-state index contributed by atoms with van der Waals surface area (Å²) in [5, 5.41) is 6.29. The van der Waals surface area contributed by atoms with Gasteiger partial charge in [0, 0.05) is 29.9 Å². The number of aromatic nitrogens is 1. The van der Waals surface area contributed by atoms with Crippen LogP contribution in [0.15, 0.2) is 30.5 Å². The molecule has 2 N–H and O–H groups in total. The number of carbonyl (C=O) groups is 2. The molecule has 1 aliphatic rings. The van der Waals surface area contributed by atoms with E-state index < -0.39 is 0 Å². The van der Waals surface area contributed by atoms with Crippen molar-refractivity contribution in [2.75, 3.05) is 23.3 Å². The molecule has 1 atom stereocenters. The molecule has 25 heavy (non-hydrogen) atoms. The van der Waals surface area contributed by atoms with E-state index in [0.717, 1.165) is 16.1 Å². The number of nitrogens with zero attached hydrogens (tertiary/aromatic N) is 2. The van der Waals surface area contributed by atoms with Crippen molar-refractivity contribution in [2.45, 2.75) is 32.6 Å². The number of nitrogens with one attached hydrogen (secondary N) is 2. The Bertz CT molecular complexity index is 770. The van der Waals surface area contributed by atoms with Crippen LogP contribution < -0.4 is 15.5 Å². The molecule has 2 aromatic rings. The molecule has 1 saturated heterocycles. The van der Waals surface area contributed by atoms with E-state index >= 15 is 0 Å². The molecule has 3 amide bonds. The summed E-state index contributed by atoms with van der Waals surface area (Å²) >= 11 is 1.51. The fraction of sp³-hybridized carbons (Fsp3) is 0.389. The Morgan fingerprint density at radius 1 is 1.28 bits per heavy atom. The first-order valence-electron chi connectivity index (χ1n) is 8.37. The zero-order valence-corrected chi connectivity index (χ0v) is 15.4. The van der Waals surface area contributed by atoms with E-state index in [-0.39, 0.29) is 17.9 Å². The van der Waals surface area contributed by atoms with Gasteiger partial charge < -0.3 is 10.6 Å². The van der Waals surface area contributed by atoms with Crippen molar-refractivity contribution >= 4 is 34.1 Å². The lowest BCUT2D eigenvalue weighted by Gasteiger charge is -2.16. The van der Waals surface area contributed by atoms with Gasteiger partial charge in [0.25, 0.3) is 0 Å². The van der Waals surface area contributed by atoms with E-state index in [1.54, 1.807) is 4.90 Å². The molecule has 0 radical (unpaired) electrons. The van der Waals surface area contributed by atoms with Crippen LogP contribution in [0.25, 0.3) is 0 Å². The van der Waals surface area contributed by atoms with Gasteiger partial charge in [0.05, 0.1) is 5.92 Å². The maximum absolute atomic E-state index is 12.5. The Balaban J connectivity index is 1.66. The maximum atomic E-state index is 12.5. The molecule has 0 bridgehead atoms. The average Bonchev–Trinajstić information content (AvgIpc) is 3.23. The van der Waals surface area contributed by atoms with Crippen LogP contribution in [-0.2, 0) is 4.79 Å². The largest absolute Gasteiger partial charge is 0.336 e. The van der Waals surface area contributed by atoms with Crippen LogP contribution >= 0.6 is 11.3 Å². The Labute approximate surface area is 151 Å². The minimum absolute atomic E-state index is 0.0803. The van der Waals surface area contributed by atoms with E-state index in [2.05, 4.69) is 29.5 Å². The predicted octanol–water partition coefficient (Wildman–Crippen LogP) is 3.54. The van der Waals surface area contributed by atoms with E-state index in [1.807, 2.05) is 37.4 Å². The summed E-state index contributed by atoms with van der Waals surface area (Å²) in [4.78, 5) is 31.3. The first kappa shape index (κ1) is 17.4. The van der Waals surface area contributed by atoms with E-state index in [9.17, 15) is 9.59 Å². The zero-order chi connectivity index (χ0) is 18.0. The third-order valence-electron chi connectivity index (χ3n) is 4.28. The van der Waals surface area contributed by atoms with Crippen molar-refractivity contribution in [3.63, 3.8) is 0 Å². The number of anilines is 2. The third-order valence-corrected chi connectivity index (χ3v) is 5.49. The number of rotatable bonds is 5. The number of hydrogen-bond donors (Lipinski definition) is 2. The van der Waals surface area contributed by atoms with Gasteiger partial charge in [-0.25, -0.2) is 9.78 Å². The molecule has 0 unspecified atom stereocenters. The highest BCUT2D eigenvalue weighted by Gasteiger charge is 2.22. The molecular formula is C18H22N4O2S. The Hall–Kier alpha value is -2.41. The second-order valence-corrected chi connectivity index (χ2v) is 7.47. The van der Waals surface area contributed by atoms with Crippen molar-refractivity contribution in [3.8, 4) is 0 Å². The van der Waals surface area contributed by atoms with Gasteiger partial charge in [0.15, 0.2) is 5.13 Å². The van der Waals surface area contributed by atoms with Gasteiger partial charge in [0.2, 0.25) is 5.91 Å².